The van der Waals surface area contributed by atoms with Gasteiger partial charge in [-0.15, -0.1) is 0 Å². The molecule has 4 N–H and O–H groups in total. The van der Waals surface area contributed by atoms with E-state index in [4.69, 9.17) is 22.7 Å². The number of thiocarbonyl (C=S) groups is 1. The van der Waals surface area contributed by atoms with E-state index in [0.717, 1.165) is 0 Å². The Balaban J connectivity index is 1.99. The average molecular weight is 368 g/mol. The monoisotopic (exact) mass is 368 g/mol. The van der Waals surface area contributed by atoms with Gasteiger partial charge in [0.15, 0.2) is 5.11 Å². The zero-order chi connectivity index (χ0) is 18.6. The van der Waals surface area contributed by atoms with Crippen molar-refractivity contribution in [2.75, 3.05) is 23.3 Å². The number of carbonyl (C=O) groups excluding carboxylic acids is 1. The van der Waals surface area contributed by atoms with Crippen molar-refractivity contribution in [1.29, 1.82) is 0 Å². The predicted molar refractivity (Wildman–Crippen MR) is 101 cm³/mol. The van der Waals surface area contributed by atoms with Crippen LogP contribution in [-0.2, 0) is 4.74 Å². The number of hydrogen-bond acceptors (Lipinski definition) is 4. The lowest BCUT2D eigenvalue weighted by atomic mass is 10.0. The molecule has 1 aromatic carbocycles. The Hall–Kier alpha value is -2.09. The topological polar surface area (TPSA) is 79.6 Å². The van der Waals surface area contributed by atoms with Gasteiger partial charge < -0.3 is 26.0 Å². The Bertz CT molecular complexity index is 640. The highest BCUT2D eigenvalue weighted by atomic mass is 32.1. The quantitative estimate of drug-likeness (QED) is 0.712. The lowest BCUT2D eigenvalue weighted by Gasteiger charge is -2.35. The Kier molecular flexibility index (Phi) is 6.05. The van der Waals surface area contributed by atoms with E-state index in [2.05, 4.69) is 10.6 Å². The van der Waals surface area contributed by atoms with Crippen LogP contribution in [0.1, 0.15) is 33.6 Å². The fraction of sp³-hybridized carbons (Fsp3) is 0.529. The van der Waals surface area contributed by atoms with Gasteiger partial charge in [-0.05, 0) is 58.0 Å². The van der Waals surface area contributed by atoms with E-state index in [1.54, 1.807) is 12.1 Å². The van der Waals surface area contributed by atoms with Gasteiger partial charge in [-0.3, -0.25) is 0 Å². The van der Waals surface area contributed by atoms with Crippen LogP contribution in [0, 0.1) is 5.82 Å². The number of nitrogens with one attached hydrogen (secondary N) is 2. The lowest BCUT2D eigenvalue weighted by molar-refractivity contribution is 0.0497. The van der Waals surface area contributed by atoms with Gasteiger partial charge in [0.2, 0.25) is 0 Å². The first-order valence-electron chi connectivity index (χ1n) is 8.25. The number of hydrogen-bond donors (Lipinski definition) is 3. The highest BCUT2D eigenvalue weighted by Crippen LogP contribution is 2.31. The predicted octanol–water partition coefficient (Wildman–Crippen LogP) is 2.97. The maximum Gasteiger partial charge on any atom is 0.407 e. The fourth-order valence-corrected chi connectivity index (χ4v) is 2.90. The standard InChI is InChI=1S/C17H25FN4O2S/c1-17(2,3)24-16(23)20-11-7-9-22(10-8-11)14-12(18)5-4-6-13(14)21-15(19)25/h4-6,11H,7-10H2,1-3H3,(H,20,23)(H3,19,21,25). The first-order valence-corrected chi connectivity index (χ1v) is 8.66. The van der Waals surface area contributed by atoms with Crippen molar-refractivity contribution in [1.82, 2.24) is 5.32 Å². The van der Waals surface area contributed by atoms with Gasteiger partial charge in [-0.2, -0.15) is 0 Å². The number of nitrogens with two attached hydrogens (primary N) is 1. The lowest BCUT2D eigenvalue weighted by Crippen LogP contribution is -2.46. The molecule has 0 aliphatic carbocycles. The third-order valence-corrected chi connectivity index (χ3v) is 3.88. The first kappa shape index (κ1) is 19.2. The molecular weight excluding hydrogens is 343 g/mol. The van der Waals surface area contributed by atoms with Gasteiger partial charge in [0.1, 0.15) is 11.4 Å². The molecule has 1 amide bonds. The summed E-state index contributed by atoms with van der Waals surface area (Å²) in [4.78, 5) is 13.8. The number of amides is 1. The number of nitrogens with zero attached hydrogens (tertiary/aromatic N) is 1. The molecule has 0 saturated carbocycles. The number of ether oxygens (including phenoxy) is 1. The van der Waals surface area contributed by atoms with Gasteiger partial charge in [0.05, 0.1) is 11.4 Å². The molecule has 1 heterocycles. The number of para-hydroxylation sites is 1. The van der Waals surface area contributed by atoms with Crippen molar-refractivity contribution >= 4 is 34.8 Å². The van der Waals surface area contributed by atoms with Crippen molar-refractivity contribution in [3.63, 3.8) is 0 Å². The maximum atomic E-state index is 14.3. The Labute approximate surface area is 152 Å². The number of anilines is 2. The number of rotatable bonds is 3. The van der Waals surface area contributed by atoms with Gasteiger partial charge in [0.25, 0.3) is 0 Å². The zero-order valence-electron chi connectivity index (χ0n) is 14.8. The zero-order valence-corrected chi connectivity index (χ0v) is 15.6. The van der Waals surface area contributed by atoms with Crippen LogP contribution < -0.4 is 21.3 Å². The third kappa shape index (κ3) is 5.74. The summed E-state index contributed by atoms with van der Waals surface area (Å²) < 4.78 is 19.6. The Morgan fingerprint density at radius 2 is 2.00 bits per heavy atom. The molecule has 6 nitrogen and oxygen atoms in total. The molecule has 0 bridgehead atoms. The normalized spacial score (nSPS) is 15.6. The Morgan fingerprint density at radius 3 is 2.56 bits per heavy atom. The molecule has 2 rings (SSSR count). The second-order valence-electron chi connectivity index (χ2n) is 7.03. The molecule has 8 heteroatoms. The second kappa shape index (κ2) is 7.86. The van der Waals surface area contributed by atoms with E-state index >= 15 is 0 Å². The molecule has 138 valence electrons. The average Bonchev–Trinajstić information content (AvgIpc) is 2.46. The van der Waals surface area contributed by atoms with Crippen LogP contribution in [-0.4, -0.2) is 35.9 Å². The summed E-state index contributed by atoms with van der Waals surface area (Å²) >= 11 is 4.86. The van der Waals surface area contributed by atoms with Crippen molar-refractivity contribution in [2.45, 2.75) is 45.3 Å². The summed E-state index contributed by atoms with van der Waals surface area (Å²) in [5, 5.41) is 5.78. The Morgan fingerprint density at radius 1 is 1.36 bits per heavy atom. The molecule has 1 aliphatic heterocycles. The SMILES string of the molecule is CC(C)(C)OC(=O)NC1CCN(c2c(F)cccc2NC(N)=S)CC1. The molecule has 1 saturated heterocycles. The molecule has 25 heavy (non-hydrogen) atoms. The summed E-state index contributed by atoms with van der Waals surface area (Å²) in [5.74, 6) is -0.334. The summed E-state index contributed by atoms with van der Waals surface area (Å²) in [6.07, 6.45) is 0.966. The summed E-state index contributed by atoms with van der Waals surface area (Å²) in [5.41, 5.74) is 5.99. The number of piperidine rings is 1. The van der Waals surface area contributed by atoms with Crippen LogP contribution in [0.4, 0.5) is 20.6 Å². The third-order valence-electron chi connectivity index (χ3n) is 3.78. The van der Waals surface area contributed by atoms with E-state index in [0.29, 0.717) is 37.3 Å². The van der Waals surface area contributed by atoms with Crippen LogP contribution >= 0.6 is 12.2 Å². The largest absolute Gasteiger partial charge is 0.444 e. The van der Waals surface area contributed by atoms with Gasteiger partial charge in [0, 0.05) is 19.1 Å². The van der Waals surface area contributed by atoms with Crippen LogP contribution in [0.3, 0.4) is 0 Å². The highest BCUT2D eigenvalue weighted by molar-refractivity contribution is 7.80. The van der Waals surface area contributed by atoms with Crippen molar-refractivity contribution < 1.29 is 13.9 Å². The van der Waals surface area contributed by atoms with Crippen LogP contribution in [0.25, 0.3) is 0 Å². The number of halogens is 1. The minimum Gasteiger partial charge on any atom is -0.444 e. The van der Waals surface area contributed by atoms with Gasteiger partial charge in [-0.1, -0.05) is 6.07 Å². The van der Waals surface area contributed by atoms with Gasteiger partial charge in [-0.25, -0.2) is 9.18 Å². The molecule has 0 unspecified atom stereocenters. The first-order chi connectivity index (χ1) is 11.7. The molecular formula is C17H25FN4O2S. The number of carbonyl (C=O) groups is 1. The van der Waals surface area contributed by atoms with Gasteiger partial charge >= 0.3 is 6.09 Å². The van der Waals surface area contributed by atoms with Crippen molar-refractivity contribution in [2.24, 2.45) is 5.73 Å². The molecule has 1 aliphatic rings. The fourth-order valence-electron chi connectivity index (χ4n) is 2.79. The minimum atomic E-state index is -0.529. The number of benzene rings is 1. The van der Waals surface area contributed by atoms with E-state index in [9.17, 15) is 9.18 Å². The van der Waals surface area contributed by atoms with E-state index in [-0.39, 0.29) is 17.0 Å². The molecule has 0 atom stereocenters. The molecule has 0 radical (unpaired) electrons. The maximum absolute atomic E-state index is 14.3. The van der Waals surface area contributed by atoms with Crippen LogP contribution in [0.15, 0.2) is 18.2 Å². The second-order valence-corrected chi connectivity index (χ2v) is 7.47. The van der Waals surface area contributed by atoms with Crippen molar-refractivity contribution in [3.8, 4) is 0 Å². The van der Waals surface area contributed by atoms with Crippen LogP contribution in [0.2, 0.25) is 0 Å². The summed E-state index contributed by atoms with van der Waals surface area (Å²) in [6.45, 7) is 6.68. The minimum absolute atomic E-state index is 0.00451. The summed E-state index contributed by atoms with van der Waals surface area (Å²) in [7, 11) is 0. The van der Waals surface area contributed by atoms with E-state index < -0.39 is 11.7 Å². The molecule has 0 aromatic heterocycles. The summed E-state index contributed by atoms with van der Waals surface area (Å²) in [6, 6.07) is 4.76. The van der Waals surface area contributed by atoms with E-state index in [1.807, 2.05) is 25.7 Å². The molecule has 1 fully saturated rings. The molecule has 1 aromatic rings. The smallest absolute Gasteiger partial charge is 0.407 e. The van der Waals surface area contributed by atoms with Crippen molar-refractivity contribution in [3.05, 3.63) is 24.0 Å². The van der Waals surface area contributed by atoms with Crippen LogP contribution in [0.5, 0.6) is 0 Å². The number of alkyl carbamates (subject to hydrolysis) is 1. The highest BCUT2D eigenvalue weighted by Gasteiger charge is 2.26. The molecule has 0 spiro atoms. The van der Waals surface area contributed by atoms with E-state index in [1.165, 1.54) is 6.07 Å².